The number of nitrogens with one attached hydrogen (secondary N) is 1. The fraction of sp³-hybridized carbons (Fsp3) is 0.700. The first kappa shape index (κ1) is 11.1. The van der Waals surface area contributed by atoms with Gasteiger partial charge in [-0.15, -0.1) is 11.8 Å². The van der Waals surface area contributed by atoms with Crippen molar-refractivity contribution in [3.63, 3.8) is 0 Å². The van der Waals surface area contributed by atoms with E-state index in [2.05, 4.69) is 16.6 Å². The Bertz CT molecular complexity index is 333. The molecule has 2 rings (SSSR count). The predicted molar refractivity (Wildman–Crippen MR) is 68.7 cm³/mol. The third-order valence-electron chi connectivity index (χ3n) is 3.09. The van der Waals surface area contributed by atoms with E-state index in [1.165, 1.54) is 30.8 Å². The van der Waals surface area contributed by atoms with E-state index in [9.17, 15) is 0 Å². The number of thioether (sulfide) groups is 1. The Labute approximate surface area is 99.0 Å². The van der Waals surface area contributed by atoms with E-state index >= 15 is 0 Å². The molecule has 1 aromatic heterocycles. The summed E-state index contributed by atoms with van der Waals surface area (Å²) in [6, 6.07) is 0.546. The maximum atomic E-state index is 5.79. The van der Waals surface area contributed by atoms with Gasteiger partial charge in [0.25, 0.3) is 0 Å². The Morgan fingerprint density at radius 1 is 1.60 bits per heavy atom. The molecule has 0 aromatic carbocycles. The van der Waals surface area contributed by atoms with Crippen LogP contribution in [0.25, 0.3) is 0 Å². The van der Waals surface area contributed by atoms with Crippen molar-refractivity contribution in [3.05, 3.63) is 0 Å². The van der Waals surface area contributed by atoms with E-state index in [4.69, 9.17) is 5.73 Å². The van der Waals surface area contributed by atoms with E-state index in [1.807, 2.05) is 6.26 Å². The molecular formula is C10H17N3S2. The molecule has 15 heavy (non-hydrogen) atoms. The van der Waals surface area contributed by atoms with Gasteiger partial charge in [-0.3, -0.25) is 0 Å². The number of nitrogens with two attached hydrogens (primary N) is 1. The molecule has 84 valence electrons. The monoisotopic (exact) mass is 243 g/mol. The molecule has 0 amide bonds. The lowest BCUT2D eigenvalue weighted by molar-refractivity contribution is 0.285. The van der Waals surface area contributed by atoms with Crippen molar-refractivity contribution in [1.29, 1.82) is 0 Å². The van der Waals surface area contributed by atoms with Crippen LogP contribution >= 0.6 is 23.3 Å². The van der Waals surface area contributed by atoms with Crippen LogP contribution in [-0.2, 0) is 0 Å². The van der Waals surface area contributed by atoms with Gasteiger partial charge < -0.3 is 11.1 Å². The summed E-state index contributed by atoms with van der Waals surface area (Å²) in [5.41, 5.74) is 5.79. The second kappa shape index (κ2) is 4.61. The maximum absolute atomic E-state index is 5.79. The van der Waals surface area contributed by atoms with Crippen LogP contribution in [0.15, 0.2) is 4.90 Å². The molecule has 3 N–H and O–H groups in total. The molecule has 1 heterocycles. The molecule has 0 aliphatic heterocycles. The lowest BCUT2D eigenvalue weighted by Gasteiger charge is -2.32. The first-order chi connectivity index (χ1) is 7.22. The minimum Gasteiger partial charge on any atom is -0.382 e. The van der Waals surface area contributed by atoms with Gasteiger partial charge in [0.05, 0.1) is 4.90 Å². The van der Waals surface area contributed by atoms with Crippen LogP contribution in [0.3, 0.4) is 0 Å². The largest absolute Gasteiger partial charge is 0.382 e. The third kappa shape index (κ3) is 2.23. The highest BCUT2D eigenvalue weighted by molar-refractivity contribution is 7.99. The van der Waals surface area contributed by atoms with E-state index in [0.29, 0.717) is 11.9 Å². The van der Waals surface area contributed by atoms with Gasteiger partial charge in [0, 0.05) is 6.04 Å². The van der Waals surface area contributed by atoms with Crippen LogP contribution in [0.2, 0.25) is 0 Å². The van der Waals surface area contributed by atoms with Crippen molar-refractivity contribution in [2.24, 2.45) is 5.92 Å². The number of nitrogens with zero attached hydrogens (tertiary/aromatic N) is 1. The molecule has 1 saturated carbocycles. The molecule has 0 spiro atoms. The average Bonchev–Trinajstić information content (AvgIpc) is 2.43. The molecule has 3 nitrogen and oxygen atoms in total. The van der Waals surface area contributed by atoms with Gasteiger partial charge in [-0.2, -0.15) is 4.37 Å². The minimum absolute atomic E-state index is 0.546. The van der Waals surface area contributed by atoms with E-state index in [1.54, 1.807) is 11.8 Å². The van der Waals surface area contributed by atoms with Gasteiger partial charge in [0.1, 0.15) is 5.00 Å². The van der Waals surface area contributed by atoms with Gasteiger partial charge in [0.15, 0.2) is 5.82 Å². The average molecular weight is 243 g/mol. The van der Waals surface area contributed by atoms with Crippen LogP contribution in [0.5, 0.6) is 0 Å². The fourth-order valence-electron chi connectivity index (χ4n) is 1.85. The number of hydrogen-bond acceptors (Lipinski definition) is 5. The lowest BCUT2D eigenvalue weighted by Crippen LogP contribution is -2.30. The Morgan fingerprint density at radius 2 is 2.33 bits per heavy atom. The SMILES string of the molecule is CSc1c(N)nsc1NC(C)C1CCC1. The Morgan fingerprint density at radius 3 is 2.87 bits per heavy atom. The van der Waals surface area contributed by atoms with Crippen LogP contribution in [0, 0.1) is 5.92 Å². The normalized spacial score (nSPS) is 18.5. The first-order valence-corrected chi connectivity index (χ1v) is 7.28. The summed E-state index contributed by atoms with van der Waals surface area (Å²) in [5, 5.41) is 4.68. The summed E-state index contributed by atoms with van der Waals surface area (Å²) >= 11 is 3.14. The summed E-state index contributed by atoms with van der Waals surface area (Å²) in [6.45, 7) is 2.25. The zero-order chi connectivity index (χ0) is 10.8. The molecule has 1 unspecified atom stereocenters. The van der Waals surface area contributed by atoms with Crippen molar-refractivity contribution in [2.75, 3.05) is 17.3 Å². The quantitative estimate of drug-likeness (QED) is 0.798. The molecule has 0 saturated heterocycles. The van der Waals surface area contributed by atoms with Crippen LogP contribution in [-0.4, -0.2) is 16.7 Å². The zero-order valence-corrected chi connectivity index (χ0v) is 10.8. The number of aromatic nitrogens is 1. The summed E-state index contributed by atoms with van der Waals surface area (Å²) in [5.74, 6) is 1.50. The molecule has 1 atom stereocenters. The van der Waals surface area contributed by atoms with Crippen molar-refractivity contribution in [1.82, 2.24) is 4.37 Å². The first-order valence-electron chi connectivity index (χ1n) is 5.28. The number of anilines is 2. The lowest BCUT2D eigenvalue weighted by atomic mass is 9.80. The molecule has 1 aliphatic carbocycles. The smallest absolute Gasteiger partial charge is 0.153 e. The molecule has 1 aromatic rings. The van der Waals surface area contributed by atoms with Crippen molar-refractivity contribution in [2.45, 2.75) is 37.1 Å². The zero-order valence-electron chi connectivity index (χ0n) is 9.12. The number of nitrogen functional groups attached to an aromatic ring is 1. The van der Waals surface area contributed by atoms with Gasteiger partial charge >= 0.3 is 0 Å². The number of rotatable bonds is 4. The molecular weight excluding hydrogens is 226 g/mol. The van der Waals surface area contributed by atoms with Crippen molar-refractivity contribution < 1.29 is 0 Å². The highest BCUT2D eigenvalue weighted by atomic mass is 32.2. The Hall–Kier alpha value is -0.420. The summed E-state index contributed by atoms with van der Waals surface area (Å²) in [6.07, 6.45) is 6.14. The van der Waals surface area contributed by atoms with Crippen LogP contribution < -0.4 is 11.1 Å². The van der Waals surface area contributed by atoms with E-state index < -0.39 is 0 Å². The fourth-order valence-corrected chi connectivity index (χ4v) is 3.47. The van der Waals surface area contributed by atoms with Crippen LogP contribution in [0.4, 0.5) is 10.8 Å². The second-order valence-corrected chi connectivity index (χ2v) is 5.64. The highest BCUT2D eigenvalue weighted by Crippen LogP contribution is 2.37. The molecule has 1 fully saturated rings. The third-order valence-corrected chi connectivity index (χ3v) is 4.84. The molecule has 1 aliphatic rings. The van der Waals surface area contributed by atoms with Gasteiger partial charge in [-0.05, 0) is 43.5 Å². The summed E-state index contributed by atoms with van der Waals surface area (Å²) in [7, 11) is 0. The second-order valence-electron chi connectivity index (χ2n) is 4.05. The van der Waals surface area contributed by atoms with Gasteiger partial charge in [0.2, 0.25) is 0 Å². The minimum atomic E-state index is 0.546. The maximum Gasteiger partial charge on any atom is 0.153 e. The Balaban J connectivity index is 2.02. The van der Waals surface area contributed by atoms with E-state index in [-0.39, 0.29) is 0 Å². The molecule has 0 bridgehead atoms. The molecule has 0 radical (unpaired) electrons. The Kier molecular flexibility index (Phi) is 3.41. The predicted octanol–water partition coefficient (Wildman–Crippen LogP) is 3.05. The van der Waals surface area contributed by atoms with Crippen LogP contribution in [0.1, 0.15) is 26.2 Å². The summed E-state index contributed by atoms with van der Waals surface area (Å²) < 4.78 is 4.18. The van der Waals surface area contributed by atoms with Crippen molar-refractivity contribution >= 4 is 34.1 Å². The molecule has 5 heteroatoms. The summed E-state index contributed by atoms with van der Waals surface area (Å²) in [4.78, 5) is 1.10. The topological polar surface area (TPSA) is 50.9 Å². The number of hydrogen-bond donors (Lipinski definition) is 2. The van der Waals surface area contributed by atoms with Crippen molar-refractivity contribution in [3.8, 4) is 0 Å². The van der Waals surface area contributed by atoms with Gasteiger partial charge in [-0.25, -0.2) is 0 Å². The van der Waals surface area contributed by atoms with E-state index in [0.717, 1.165) is 15.8 Å². The highest BCUT2D eigenvalue weighted by Gasteiger charge is 2.25. The van der Waals surface area contributed by atoms with Gasteiger partial charge in [-0.1, -0.05) is 6.42 Å². The standard InChI is InChI=1S/C10H17N3S2/c1-6(7-4-3-5-7)12-10-8(14-2)9(11)13-15-10/h6-7,12H,3-5H2,1-2H3,(H2,11,13).